The average molecular weight is 1040 g/mol. The zero-order valence-electron chi connectivity index (χ0n) is 49.3. The molecule has 0 radical (unpaired) electrons. The van der Waals surface area contributed by atoms with Gasteiger partial charge in [0, 0.05) is 19.3 Å². The molecule has 0 saturated carbocycles. The van der Waals surface area contributed by atoms with Gasteiger partial charge in [-0.3, -0.25) is 14.4 Å². The molecule has 430 valence electrons. The number of hydrogen-bond donors (Lipinski definition) is 0. The van der Waals surface area contributed by atoms with Gasteiger partial charge < -0.3 is 14.2 Å². The van der Waals surface area contributed by atoms with Gasteiger partial charge in [0.2, 0.25) is 0 Å². The van der Waals surface area contributed by atoms with Crippen LogP contribution in [-0.4, -0.2) is 37.2 Å². The fraction of sp³-hybridized carbons (Fsp3) is 0.725. The Kier molecular flexibility index (Phi) is 59.8. The van der Waals surface area contributed by atoms with Crippen molar-refractivity contribution in [3.05, 3.63) is 97.2 Å². The normalized spacial score (nSPS) is 12.7. The SMILES string of the molecule is CCCCC/C=C\C/C=C\C/C=C\C/C=C\C/C=C\CCC(=O)OC[C@H](COC(=O)CCCCCCCCCCC/C=C\CCCCCCCC)OC(=O)CCCCCCCCCCC/C=C\C/C=C\CCCCC. The summed E-state index contributed by atoms with van der Waals surface area (Å²) in [7, 11) is 0. The van der Waals surface area contributed by atoms with Crippen molar-refractivity contribution in [2.24, 2.45) is 0 Å². The summed E-state index contributed by atoms with van der Waals surface area (Å²) < 4.78 is 16.9. The standard InChI is InChI=1S/C69H118O6/c1-4-7-10-13-16-19-22-25-28-31-34-37-40-43-46-49-52-55-58-61-67(70)73-64-66(75-69(72)63-60-57-54-51-48-45-42-39-36-33-30-27-24-21-18-15-12-9-6-3)65-74-68(71)62-59-56-53-50-47-44-41-38-35-32-29-26-23-20-17-14-11-8-5-2/h16,18-19,21,25-30,34,37,43,46,52,55,66H,4-15,17,20,22-24,31-33,35-36,38-42,44-45,47-51,53-54,56-65H2,1-3H3/b19-16-,21-18-,28-25-,29-26-,30-27-,37-34-,46-43-,55-52-/t66-/m1/s1. The molecule has 0 bridgehead atoms. The molecular weight excluding hydrogens is 925 g/mol. The van der Waals surface area contributed by atoms with Crippen LogP contribution < -0.4 is 0 Å². The van der Waals surface area contributed by atoms with Crippen LogP contribution in [0.3, 0.4) is 0 Å². The first-order chi connectivity index (χ1) is 37.0. The van der Waals surface area contributed by atoms with Crippen LogP contribution in [0.2, 0.25) is 0 Å². The first kappa shape index (κ1) is 71.3. The Morgan fingerprint density at radius 2 is 0.507 bits per heavy atom. The third kappa shape index (κ3) is 61.1. The smallest absolute Gasteiger partial charge is 0.306 e. The summed E-state index contributed by atoms with van der Waals surface area (Å²) in [5, 5.41) is 0. The van der Waals surface area contributed by atoms with Crippen LogP contribution in [0.25, 0.3) is 0 Å². The highest BCUT2D eigenvalue weighted by molar-refractivity contribution is 5.71. The summed E-state index contributed by atoms with van der Waals surface area (Å²) in [5.74, 6) is -0.986. The molecule has 0 rings (SSSR count). The van der Waals surface area contributed by atoms with Crippen molar-refractivity contribution in [3.8, 4) is 0 Å². The maximum Gasteiger partial charge on any atom is 0.306 e. The fourth-order valence-electron chi connectivity index (χ4n) is 8.75. The van der Waals surface area contributed by atoms with E-state index in [0.29, 0.717) is 19.3 Å². The van der Waals surface area contributed by atoms with Gasteiger partial charge in [0.05, 0.1) is 0 Å². The Balaban J connectivity index is 4.49. The highest BCUT2D eigenvalue weighted by Crippen LogP contribution is 2.15. The third-order valence-electron chi connectivity index (χ3n) is 13.5. The van der Waals surface area contributed by atoms with Gasteiger partial charge in [-0.2, -0.15) is 0 Å². The molecule has 0 aliphatic carbocycles. The fourth-order valence-corrected chi connectivity index (χ4v) is 8.75. The summed E-state index contributed by atoms with van der Waals surface area (Å²) >= 11 is 0. The number of hydrogen-bond acceptors (Lipinski definition) is 6. The predicted molar refractivity (Wildman–Crippen MR) is 325 cm³/mol. The molecule has 75 heavy (non-hydrogen) atoms. The van der Waals surface area contributed by atoms with E-state index in [1.807, 2.05) is 6.08 Å². The van der Waals surface area contributed by atoms with Gasteiger partial charge in [0.25, 0.3) is 0 Å². The summed E-state index contributed by atoms with van der Waals surface area (Å²) in [6.07, 6.45) is 84.1. The molecule has 0 unspecified atom stereocenters. The molecule has 6 heteroatoms. The van der Waals surface area contributed by atoms with Crippen LogP contribution in [0.5, 0.6) is 0 Å². The molecule has 0 heterocycles. The lowest BCUT2D eigenvalue weighted by molar-refractivity contribution is -0.166. The zero-order chi connectivity index (χ0) is 54.3. The number of carbonyl (C=O) groups is 3. The minimum atomic E-state index is -0.813. The number of unbranched alkanes of at least 4 members (excludes halogenated alkanes) is 30. The number of carbonyl (C=O) groups excluding carboxylic acids is 3. The van der Waals surface area contributed by atoms with Gasteiger partial charge in [0.1, 0.15) is 13.2 Å². The molecule has 0 aromatic heterocycles. The first-order valence-corrected chi connectivity index (χ1v) is 31.7. The van der Waals surface area contributed by atoms with Gasteiger partial charge in [-0.25, -0.2) is 0 Å². The Morgan fingerprint density at radius 3 is 0.867 bits per heavy atom. The minimum Gasteiger partial charge on any atom is -0.462 e. The van der Waals surface area contributed by atoms with Gasteiger partial charge in [0.15, 0.2) is 6.10 Å². The van der Waals surface area contributed by atoms with E-state index in [9.17, 15) is 14.4 Å². The monoisotopic (exact) mass is 1040 g/mol. The van der Waals surface area contributed by atoms with Crippen LogP contribution in [0.4, 0.5) is 0 Å². The molecule has 0 aliphatic rings. The van der Waals surface area contributed by atoms with Crippen molar-refractivity contribution in [1.82, 2.24) is 0 Å². The molecule has 0 spiro atoms. The maximum atomic E-state index is 12.9. The molecule has 0 N–H and O–H groups in total. The van der Waals surface area contributed by atoms with E-state index in [0.717, 1.165) is 70.6 Å². The highest BCUT2D eigenvalue weighted by Gasteiger charge is 2.19. The number of allylic oxidation sites excluding steroid dienone is 16. The van der Waals surface area contributed by atoms with E-state index < -0.39 is 6.10 Å². The van der Waals surface area contributed by atoms with Crippen LogP contribution in [0.15, 0.2) is 97.2 Å². The zero-order valence-corrected chi connectivity index (χ0v) is 49.3. The Hall–Kier alpha value is -3.67. The molecule has 0 aliphatic heterocycles. The third-order valence-corrected chi connectivity index (χ3v) is 13.5. The van der Waals surface area contributed by atoms with E-state index in [-0.39, 0.29) is 37.5 Å². The van der Waals surface area contributed by atoms with Crippen molar-refractivity contribution >= 4 is 17.9 Å². The summed E-state index contributed by atoms with van der Waals surface area (Å²) in [6.45, 7) is 6.54. The molecule has 0 fully saturated rings. The molecule has 0 aromatic rings. The van der Waals surface area contributed by atoms with E-state index in [1.54, 1.807) is 0 Å². The Bertz CT molecular complexity index is 1480. The van der Waals surface area contributed by atoms with Crippen molar-refractivity contribution < 1.29 is 28.6 Å². The number of ether oxygens (including phenoxy) is 3. The molecule has 0 amide bonds. The van der Waals surface area contributed by atoms with Gasteiger partial charge >= 0.3 is 17.9 Å². The second-order valence-electron chi connectivity index (χ2n) is 21.0. The van der Waals surface area contributed by atoms with Gasteiger partial charge in [-0.1, -0.05) is 266 Å². The second-order valence-corrected chi connectivity index (χ2v) is 21.0. The minimum absolute atomic E-state index is 0.103. The van der Waals surface area contributed by atoms with Crippen LogP contribution in [0.1, 0.15) is 303 Å². The average Bonchev–Trinajstić information content (AvgIpc) is 3.41. The second kappa shape index (κ2) is 62.9. The maximum absolute atomic E-state index is 12.9. The van der Waals surface area contributed by atoms with Crippen LogP contribution in [-0.2, 0) is 28.6 Å². The topological polar surface area (TPSA) is 78.9 Å². The summed E-state index contributed by atoms with van der Waals surface area (Å²) in [4.78, 5) is 38.3. The lowest BCUT2D eigenvalue weighted by Gasteiger charge is -2.18. The lowest BCUT2D eigenvalue weighted by Crippen LogP contribution is -2.30. The summed E-state index contributed by atoms with van der Waals surface area (Å²) in [6, 6.07) is 0. The molecule has 0 aromatic carbocycles. The lowest BCUT2D eigenvalue weighted by atomic mass is 10.1. The Labute approximate surface area is 464 Å². The first-order valence-electron chi connectivity index (χ1n) is 31.7. The molecular formula is C69H118O6. The largest absolute Gasteiger partial charge is 0.462 e. The predicted octanol–water partition coefficient (Wildman–Crippen LogP) is 21.7. The number of rotatable bonds is 57. The van der Waals surface area contributed by atoms with Crippen molar-refractivity contribution in [1.29, 1.82) is 0 Å². The van der Waals surface area contributed by atoms with Crippen molar-refractivity contribution in [2.45, 2.75) is 309 Å². The van der Waals surface area contributed by atoms with Crippen molar-refractivity contribution in [3.63, 3.8) is 0 Å². The quantitative estimate of drug-likeness (QED) is 0.0261. The van der Waals surface area contributed by atoms with E-state index in [2.05, 4.69) is 112 Å². The molecule has 1 atom stereocenters. The van der Waals surface area contributed by atoms with Gasteiger partial charge in [-0.05, 0) is 116 Å². The molecule has 6 nitrogen and oxygen atoms in total. The number of esters is 3. The van der Waals surface area contributed by atoms with Gasteiger partial charge in [-0.15, -0.1) is 0 Å². The van der Waals surface area contributed by atoms with Crippen molar-refractivity contribution in [2.75, 3.05) is 13.2 Å². The van der Waals surface area contributed by atoms with E-state index >= 15 is 0 Å². The highest BCUT2D eigenvalue weighted by atomic mass is 16.6. The van der Waals surface area contributed by atoms with E-state index in [1.165, 1.54) is 186 Å². The van der Waals surface area contributed by atoms with Crippen LogP contribution >= 0.6 is 0 Å². The van der Waals surface area contributed by atoms with E-state index in [4.69, 9.17) is 14.2 Å². The Morgan fingerprint density at radius 1 is 0.267 bits per heavy atom. The summed E-state index contributed by atoms with van der Waals surface area (Å²) in [5.41, 5.74) is 0. The van der Waals surface area contributed by atoms with Crippen LogP contribution in [0, 0.1) is 0 Å². The molecule has 0 saturated heterocycles.